The first-order chi connectivity index (χ1) is 10.1. The molecule has 0 heterocycles. The minimum absolute atomic E-state index is 0.632. The van der Waals surface area contributed by atoms with E-state index >= 15 is 0 Å². The molecule has 21 heavy (non-hydrogen) atoms. The van der Waals surface area contributed by atoms with Crippen molar-refractivity contribution in [3.8, 4) is 0 Å². The second-order valence-corrected chi connectivity index (χ2v) is 10.6. The fourth-order valence-corrected chi connectivity index (χ4v) is 7.76. The van der Waals surface area contributed by atoms with Gasteiger partial charge in [0, 0.05) is 55.5 Å². The fourth-order valence-electron chi connectivity index (χ4n) is 1.68. The van der Waals surface area contributed by atoms with Crippen LogP contribution in [0.5, 0.6) is 0 Å². The second-order valence-electron chi connectivity index (χ2n) is 4.84. The minimum Gasteiger partial charge on any atom is -0.178 e. The van der Waals surface area contributed by atoms with Gasteiger partial charge in [-0.1, -0.05) is 13.8 Å². The van der Waals surface area contributed by atoms with Crippen LogP contribution in [-0.4, -0.2) is 55.5 Å². The summed E-state index contributed by atoms with van der Waals surface area (Å²) in [5.74, 6) is 6.20. The molecule has 0 aromatic carbocycles. The van der Waals surface area contributed by atoms with Gasteiger partial charge in [0.25, 0.3) is 0 Å². The van der Waals surface area contributed by atoms with Gasteiger partial charge in [-0.3, -0.25) is 0 Å². The quantitative estimate of drug-likeness (QED) is 0.284. The molecule has 0 amide bonds. The molecule has 128 valence electrons. The number of rotatable bonds is 14. The van der Waals surface area contributed by atoms with Gasteiger partial charge in [-0.15, -0.1) is 0 Å². The van der Waals surface area contributed by atoms with Crippen LogP contribution in [0.15, 0.2) is 0 Å². The molecule has 4 unspecified atom stereocenters. The SMILES string of the molecule is CCC(CS)SC(CS)CSCC(CS)SC(CC)CS. The summed E-state index contributed by atoms with van der Waals surface area (Å²) in [7, 11) is 0. The van der Waals surface area contributed by atoms with Crippen LogP contribution in [0.2, 0.25) is 0 Å². The predicted octanol–water partition coefficient (Wildman–Crippen LogP) is 5.20. The summed E-state index contributed by atoms with van der Waals surface area (Å²) in [4.78, 5) is 0. The molecule has 0 aromatic rings. The average molecular weight is 423 g/mol. The summed E-state index contributed by atoms with van der Waals surface area (Å²) < 4.78 is 0. The highest BCUT2D eigenvalue weighted by Gasteiger charge is 2.17. The van der Waals surface area contributed by atoms with E-state index in [4.69, 9.17) is 0 Å². The van der Waals surface area contributed by atoms with E-state index < -0.39 is 0 Å². The van der Waals surface area contributed by atoms with Crippen molar-refractivity contribution in [2.45, 2.75) is 47.7 Å². The summed E-state index contributed by atoms with van der Waals surface area (Å²) in [6.45, 7) is 4.49. The Hall–Kier alpha value is 2.45. The van der Waals surface area contributed by atoms with Crippen molar-refractivity contribution in [3.05, 3.63) is 0 Å². The molecule has 0 nitrogen and oxygen atoms in total. The van der Waals surface area contributed by atoms with Gasteiger partial charge in [0.15, 0.2) is 0 Å². The Morgan fingerprint density at radius 2 is 0.952 bits per heavy atom. The van der Waals surface area contributed by atoms with Crippen LogP contribution in [0, 0.1) is 0 Å². The molecule has 0 saturated carbocycles. The maximum Gasteiger partial charge on any atom is 0.0229 e. The number of hydrogen-bond donors (Lipinski definition) is 4. The number of hydrogen-bond acceptors (Lipinski definition) is 7. The lowest BCUT2D eigenvalue weighted by Crippen LogP contribution is -2.19. The molecule has 0 saturated heterocycles. The lowest BCUT2D eigenvalue weighted by atomic mass is 10.4. The van der Waals surface area contributed by atoms with E-state index in [2.05, 4.69) is 99.6 Å². The molecule has 4 atom stereocenters. The van der Waals surface area contributed by atoms with Crippen molar-refractivity contribution in [1.29, 1.82) is 0 Å². The summed E-state index contributed by atoms with van der Waals surface area (Å²) >= 11 is 24.1. The number of thiol groups is 4. The van der Waals surface area contributed by atoms with Gasteiger partial charge in [-0.05, 0) is 12.8 Å². The zero-order chi connectivity index (χ0) is 16.1. The topological polar surface area (TPSA) is 0 Å². The second kappa shape index (κ2) is 15.9. The molecule has 0 aliphatic heterocycles. The normalized spacial score (nSPS) is 17.4. The lowest BCUT2D eigenvalue weighted by Gasteiger charge is -2.22. The molecule has 0 spiro atoms. The van der Waals surface area contributed by atoms with Gasteiger partial charge in [-0.2, -0.15) is 85.8 Å². The van der Waals surface area contributed by atoms with Crippen molar-refractivity contribution in [2.75, 3.05) is 34.5 Å². The van der Waals surface area contributed by atoms with Crippen molar-refractivity contribution in [3.63, 3.8) is 0 Å². The smallest absolute Gasteiger partial charge is 0.0229 e. The van der Waals surface area contributed by atoms with E-state index in [1.807, 2.05) is 0 Å². The molecule has 0 fully saturated rings. The third kappa shape index (κ3) is 11.6. The maximum absolute atomic E-state index is 4.51. The van der Waals surface area contributed by atoms with Crippen LogP contribution in [-0.2, 0) is 0 Å². The zero-order valence-corrected chi connectivity index (χ0v) is 19.0. The standard InChI is InChI=1S/C14H30S7/c1-3-11(5-15)20-13(7-17)9-19-10-14(8-18)21-12(4-2)6-16/h11-18H,3-10H2,1-2H3. The van der Waals surface area contributed by atoms with Gasteiger partial charge in [-0.25, -0.2) is 0 Å². The van der Waals surface area contributed by atoms with Crippen LogP contribution in [0.4, 0.5) is 0 Å². The highest BCUT2D eigenvalue weighted by molar-refractivity contribution is 8.06. The minimum atomic E-state index is 0.632. The van der Waals surface area contributed by atoms with Gasteiger partial charge in [0.1, 0.15) is 0 Å². The largest absolute Gasteiger partial charge is 0.178 e. The first kappa shape index (κ1) is 23.4. The third-order valence-electron chi connectivity index (χ3n) is 3.10. The first-order valence-corrected chi connectivity index (χ1v) is 13.0. The third-order valence-corrected chi connectivity index (χ3v) is 10.8. The zero-order valence-electron chi connectivity index (χ0n) is 13.0. The maximum atomic E-state index is 4.51. The van der Waals surface area contributed by atoms with Crippen LogP contribution < -0.4 is 0 Å². The Bertz CT molecular complexity index is 197. The van der Waals surface area contributed by atoms with E-state index in [0.717, 1.165) is 23.0 Å². The van der Waals surface area contributed by atoms with Crippen LogP contribution in [0.3, 0.4) is 0 Å². The monoisotopic (exact) mass is 422 g/mol. The summed E-state index contributed by atoms with van der Waals surface area (Å²) in [5, 5.41) is 2.59. The molecule has 7 heteroatoms. The van der Waals surface area contributed by atoms with E-state index in [0.29, 0.717) is 21.0 Å². The molecule has 0 aromatic heterocycles. The Morgan fingerprint density at radius 1 is 0.619 bits per heavy atom. The van der Waals surface area contributed by atoms with Gasteiger partial charge in [0.05, 0.1) is 0 Å². The first-order valence-electron chi connectivity index (χ1n) is 7.47. The van der Waals surface area contributed by atoms with Crippen molar-refractivity contribution >= 4 is 85.8 Å². The van der Waals surface area contributed by atoms with Gasteiger partial charge < -0.3 is 0 Å². The van der Waals surface area contributed by atoms with Gasteiger partial charge >= 0.3 is 0 Å². The molecule has 0 N–H and O–H groups in total. The molecule has 0 aliphatic carbocycles. The highest BCUT2D eigenvalue weighted by Crippen LogP contribution is 2.29. The molecule has 0 radical (unpaired) electrons. The Kier molecular flexibility index (Phi) is 17.8. The van der Waals surface area contributed by atoms with Crippen LogP contribution >= 0.6 is 85.8 Å². The van der Waals surface area contributed by atoms with E-state index in [1.165, 1.54) is 24.3 Å². The Balaban J connectivity index is 4.05. The van der Waals surface area contributed by atoms with E-state index in [-0.39, 0.29) is 0 Å². The molecular weight excluding hydrogens is 393 g/mol. The highest BCUT2D eigenvalue weighted by atomic mass is 32.2. The van der Waals surface area contributed by atoms with E-state index in [9.17, 15) is 0 Å². The molecule has 0 bridgehead atoms. The predicted molar refractivity (Wildman–Crippen MR) is 124 cm³/mol. The average Bonchev–Trinajstić information content (AvgIpc) is 2.53. The summed E-state index contributed by atoms with van der Waals surface area (Å²) in [6, 6.07) is 0. The number of thioether (sulfide) groups is 3. The summed E-state index contributed by atoms with van der Waals surface area (Å²) in [6.07, 6.45) is 2.39. The Morgan fingerprint density at radius 3 is 1.19 bits per heavy atom. The van der Waals surface area contributed by atoms with Crippen molar-refractivity contribution in [2.24, 2.45) is 0 Å². The fraction of sp³-hybridized carbons (Fsp3) is 1.00. The van der Waals surface area contributed by atoms with Gasteiger partial charge in [0.2, 0.25) is 0 Å². The molecule has 0 aliphatic rings. The van der Waals surface area contributed by atoms with E-state index in [1.54, 1.807) is 0 Å². The molecular formula is C14H30S7. The van der Waals surface area contributed by atoms with Crippen molar-refractivity contribution < 1.29 is 0 Å². The van der Waals surface area contributed by atoms with Crippen LogP contribution in [0.25, 0.3) is 0 Å². The summed E-state index contributed by atoms with van der Waals surface area (Å²) in [5.41, 5.74) is 0. The Labute approximate surface area is 166 Å². The lowest BCUT2D eigenvalue weighted by molar-refractivity contribution is 0.909. The molecule has 0 rings (SSSR count). The van der Waals surface area contributed by atoms with Crippen molar-refractivity contribution in [1.82, 2.24) is 0 Å². The van der Waals surface area contributed by atoms with Crippen LogP contribution in [0.1, 0.15) is 26.7 Å².